The minimum Gasteiger partial charge on any atom is -0.494 e. The van der Waals surface area contributed by atoms with Gasteiger partial charge in [-0.25, -0.2) is 13.1 Å². The minimum atomic E-state index is -3.55. The Balaban J connectivity index is 2.13. The summed E-state index contributed by atoms with van der Waals surface area (Å²) in [5.41, 5.74) is 0.879. The minimum absolute atomic E-state index is 0.244. The second-order valence-corrected chi connectivity index (χ2v) is 7.43. The summed E-state index contributed by atoms with van der Waals surface area (Å²) in [6.45, 7) is 4.33. The molecule has 0 amide bonds. The SMILES string of the molecule is CCOc1ccc(C(C)NS(=O)(=O)c2ccc(Br)cc2)cc1. The Kier molecular flexibility index (Phi) is 5.61. The maximum absolute atomic E-state index is 12.3. The maximum Gasteiger partial charge on any atom is 0.241 e. The summed E-state index contributed by atoms with van der Waals surface area (Å²) in [5, 5.41) is 0. The van der Waals surface area contributed by atoms with Crippen molar-refractivity contribution in [2.45, 2.75) is 24.8 Å². The largest absolute Gasteiger partial charge is 0.494 e. The molecule has 0 aliphatic heterocycles. The first kappa shape index (κ1) is 17.0. The van der Waals surface area contributed by atoms with Gasteiger partial charge in [0.1, 0.15) is 5.75 Å². The number of nitrogens with one attached hydrogen (secondary N) is 1. The van der Waals surface area contributed by atoms with Crippen molar-refractivity contribution in [1.82, 2.24) is 4.72 Å². The molecule has 2 aromatic rings. The zero-order chi connectivity index (χ0) is 16.2. The molecule has 0 bridgehead atoms. The third-order valence-corrected chi connectivity index (χ3v) is 5.23. The fraction of sp³-hybridized carbons (Fsp3) is 0.250. The number of benzene rings is 2. The Bertz CT molecular complexity index is 712. The third kappa shape index (κ3) is 4.32. The molecule has 118 valence electrons. The van der Waals surface area contributed by atoms with Crippen LogP contribution in [0.3, 0.4) is 0 Å². The van der Waals surface area contributed by atoms with Crippen LogP contribution in [0.4, 0.5) is 0 Å². The first-order valence-corrected chi connectivity index (χ1v) is 9.20. The van der Waals surface area contributed by atoms with Crippen molar-refractivity contribution in [3.05, 3.63) is 58.6 Å². The average molecular weight is 384 g/mol. The van der Waals surface area contributed by atoms with Crippen LogP contribution >= 0.6 is 15.9 Å². The molecule has 0 saturated carbocycles. The van der Waals surface area contributed by atoms with Crippen LogP contribution in [0.1, 0.15) is 25.5 Å². The number of halogens is 1. The van der Waals surface area contributed by atoms with E-state index in [1.54, 1.807) is 24.3 Å². The highest BCUT2D eigenvalue weighted by Gasteiger charge is 2.18. The molecule has 0 heterocycles. The smallest absolute Gasteiger partial charge is 0.241 e. The van der Waals surface area contributed by atoms with Crippen molar-refractivity contribution in [2.24, 2.45) is 0 Å². The predicted octanol–water partition coefficient (Wildman–Crippen LogP) is 3.89. The Hall–Kier alpha value is -1.37. The van der Waals surface area contributed by atoms with Gasteiger partial charge in [-0.05, 0) is 55.8 Å². The summed E-state index contributed by atoms with van der Waals surface area (Å²) in [7, 11) is -3.55. The van der Waals surface area contributed by atoms with Crippen LogP contribution in [0.2, 0.25) is 0 Å². The molecule has 2 aromatic carbocycles. The van der Waals surface area contributed by atoms with E-state index in [4.69, 9.17) is 4.74 Å². The van der Waals surface area contributed by atoms with E-state index in [2.05, 4.69) is 20.7 Å². The van der Waals surface area contributed by atoms with E-state index >= 15 is 0 Å². The third-order valence-electron chi connectivity index (χ3n) is 3.15. The van der Waals surface area contributed by atoms with E-state index in [-0.39, 0.29) is 10.9 Å². The van der Waals surface area contributed by atoms with Crippen LogP contribution < -0.4 is 9.46 Å². The second kappa shape index (κ2) is 7.26. The lowest BCUT2D eigenvalue weighted by Gasteiger charge is -2.15. The van der Waals surface area contributed by atoms with Crippen molar-refractivity contribution in [2.75, 3.05) is 6.61 Å². The highest BCUT2D eigenvalue weighted by atomic mass is 79.9. The molecule has 6 heteroatoms. The van der Waals surface area contributed by atoms with Gasteiger partial charge in [0, 0.05) is 10.5 Å². The standard InChI is InChI=1S/C16H18BrNO3S/c1-3-21-15-8-4-13(5-9-15)12(2)18-22(19,20)16-10-6-14(17)7-11-16/h4-12,18H,3H2,1-2H3. The average Bonchev–Trinajstić information content (AvgIpc) is 2.48. The molecule has 1 atom stereocenters. The Labute approximate surface area is 139 Å². The molecule has 1 N–H and O–H groups in total. The van der Waals surface area contributed by atoms with Crippen LogP contribution in [-0.4, -0.2) is 15.0 Å². The van der Waals surface area contributed by atoms with Gasteiger partial charge in [-0.1, -0.05) is 28.1 Å². The number of hydrogen-bond donors (Lipinski definition) is 1. The lowest BCUT2D eigenvalue weighted by molar-refractivity contribution is 0.340. The topological polar surface area (TPSA) is 55.4 Å². The van der Waals surface area contributed by atoms with Crippen molar-refractivity contribution >= 4 is 26.0 Å². The lowest BCUT2D eigenvalue weighted by atomic mass is 10.1. The number of sulfonamides is 1. The Morgan fingerprint density at radius 2 is 1.68 bits per heavy atom. The van der Waals surface area contributed by atoms with Gasteiger partial charge in [0.25, 0.3) is 0 Å². The number of ether oxygens (including phenoxy) is 1. The first-order chi connectivity index (χ1) is 10.4. The quantitative estimate of drug-likeness (QED) is 0.822. The molecule has 0 spiro atoms. The zero-order valence-electron chi connectivity index (χ0n) is 12.4. The summed E-state index contributed by atoms with van der Waals surface area (Å²) < 4.78 is 33.6. The van der Waals surface area contributed by atoms with Crippen molar-refractivity contribution < 1.29 is 13.2 Å². The normalized spacial score (nSPS) is 12.9. The van der Waals surface area contributed by atoms with Crippen molar-refractivity contribution in [3.8, 4) is 5.75 Å². The van der Waals surface area contributed by atoms with E-state index in [1.807, 2.05) is 38.1 Å². The molecule has 0 fully saturated rings. The highest BCUT2D eigenvalue weighted by molar-refractivity contribution is 9.10. The molecule has 0 aliphatic rings. The molecule has 1 unspecified atom stereocenters. The monoisotopic (exact) mass is 383 g/mol. The van der Waals surface area contributed by atoms with E-state index in [1.165, 1.54) is 0 Å². The van der Waals surface area contributed by atoms with Gasteiger partial charge >= 0.3 is 0 Å². The Morgan fingerprint density at radius 1 is 1.09 bits per heavy atom. The van der Waals surface area contributed by atoms with Gasteiger partial charge in [0.15, 0.2) is 0 Å². The van der Waals surface area contributed by atoms with E-state index < -0.39 is 10.0 Å². The van der Waals surface area contributed by atoms with Gasteiger partial charge in [-0.15, -0.1) is 0 Å². The summed E-state index contributed by atoms with van der Waals surface area (Å²) in [4.78, 5) is 0.244. The molecular weight excluding hydrogens is 366 g/mol. The van der Waals surface area contributed by atoms with Crippen LogP contribution in [0.25, 0.3) is 0 Å². The van der Waals surface area contributed by atoms with Crippen molar-refractivity contribution in [1.29, 1.82) is 0 Å². The van der Waals surface area contributed by atoms with Crippen LogP contribution in [0.15, 0.2) is 57.9 Å². The first-order valence-electron chi connectivity index (χ1n) is 6.93. The highest BCUT2D eigenvalue weighted by Crippen LogP contribution is 2.21. The maximum atomic E-state index is 12.3. The summed E-state index contributed by atoms with van der Waals surface area (Å²) >= 11 is 3.29. The van der Waals surface area contributed by atoms with Crippen LogP contribution in [-0.2, 0) is 10.0 Å². The van der Waals surface area contributed by atoms with E-state index in [9.17, 15) is 8.42 Å². The van der Waals surface area contributed by atoms with Crippen LogP contribution in [0, 0.1) is 0 Å². The second-order valence-electron chi connectivity index (χ2n) is 4.80. The summed E-state index contributed by atoms with van der Waals surface area (Å²) in [6.07, 6.45) is 0. The summed E-state index contributed by atoms with van der Waals surface area (Å²) in [6, 6.07) is 13.6. The molecule has 0 aromatic heterocycles. The molecular formula is C16H18BrNO3S. The fourth-order valence-corrected chi connectivity index (χ4v) is 3.50. The molecule has 4 nitrogen and oxygen atoms in total. The molecule has 22 heavy (non-hydrogen) atoms. The van der Waals surface area contributed by atoms with E-state index in [0.29, 0.717) is 6.61 Å². The molecule has 2 rings (SSSR count). The predicted molar refractivity (Wildman–Crippen MR) is 90.5 cm³/mol. The number of hydrogen-bond acceptors (Lipinski definition) is 3. The fourth-order valence-electron chi connectivity index (χ4n) is 2.00. The van der Waals surface area contributed by atoms with Gasteiger partial charge in [-0.3, -0.25) is 0 Å². The molecule has 0 aliphatic carbocycles. The van der Waals surface area contributed by atoms with Gasteiger partial charge in [0.2, 0.25) is 10.0 Å². The van der Waals surface area contributed by atoms with E-state index in [0.717, 1.165) is 15.8 Å². The Morgan fingerprint density at radius 3 is 2.23 bits per heavy atom. The van der Waals surface area contributed by atoms with Crippen LogP contribution in [0.5, 0.6) is 5.75 Å². The zero-order valence-corrected chi connectivity index (χ0v) is 14.8. The van der Waals surface area contributed by atoms with Gasteiger partial charge in [-0.2, -0.15) is 0 Å². The summed E-state index contributed by atoms with van der Waals surface area (Å²) in [5.74, 6) is 0.772. The van der Waals surface area contributed by atoms with Gasteiger partial charge in [0.05, 0.1) is 11.5 Å². The molecule has 0 saturated heterocycles. The van der Waals surface area contributed by atoms with Crippen molar-refractivity contribution in [3.63, 3.8) is 0 Å². The number of rotatable bonds is 6. The molecule has 0 radical (unpaired) electrons. The lowest BCUT2D eigenvalue weighted by Crippen LogP contribution is -2.26. The van der Waals surface area contributed by atoms with Gasteiger partial charge < -0.3 is 4.74 Å².